The lowest BCUT2D eigenvalue weighted by atomic mass is 10.0. The van der Waals surface area contributed by atoms with Crippen LogP contribution in [0.4, 0.5) is 30.6 Å². The van der Waals surface area contributed by atoms with E-state index in [4.69, 9.17) is 0 Å². The minimum atomic E-state index is -4.54. The first-order chi connectivity index (χ1) is 13.0. The van der Waals surface area contributed by atoms with E-state index in [1.165, 1.54) is 7.05 Å². The van der Waals surface area contributed by atoms with E-state index in [2.05, 4.69) is 30.8 Å². The first-order valence-electron chi connectivity index (χ1n) is 8.48. The van der Waals surface area contributed by atoms with Crippen LogP contribution in [0.1, 0.15) is 30.8 Å². The number of alkyl halides is 3. The highest BCUT2D eigenvalue weighted by molar-refractivity contribution is 5.58. The van der Waals surface area contributed by atoms with Crippen LogP contribution in [0.25, 0.3) is 0 Å². The molecule has 8 nitrogen and oxygen atoms in total. The van der Waals surface area contributed by atoms with Crippen LogP contribution in [0, 0.1) is 6.92 Å². The van der Waals surface area contributed by atoms with E-state index in [0.717, 1.165) is 11.9 Å². The summed E-state index contributed by atoms with van der Waals surface area (Å²) in [7, 11) is 3.23. The Labute approximate surface area is 159 Å². The minimum absolute atomic E-state index is 0.0401. The summed E-state index contributed by atoms with van der Waals surface area (Å²) in [6.07, 6.45) is -0.310. The van der Waals surface area contributed by atoms with Crippen molar-refractivity contribution in [2.75, 3.05) is 17.7 Å². The van der Waals surface area contributed by atoms with Crippen LogP contribution < -0.4 is 10.6 Å². The largest absolute Gasteiger partial charge is 0.421 e. The Kier molecular flexibility index (Phi) is 4.77. The van der Waals surface area contributed by atoms with Gasteiger partial charge in [-0.2, -0.15) is 28.4 Å². The van der Waals surface area contributed by atoms with Crippen LogP contribution in [-0.4, -0.2) is 36.6 Å². The number of hydrogen-bond donors (Lipinski definition) is 2. The molecular weight excluding hydrogens is 373 g/mol. The van der Waals surface area contributed by atoms with Crippen LogP contribution >= 0.6 is 0 Å². The highest BCUT2D eigenvalue weighted by Crippen LogP contribution is 2.34. The van der Waals surface area contributed by atoms with Crippen molar-refractivity contribution >= 4 is 17.5 Å². The van der Waals surface area contributed by atoms with Crippen molar-refractivity contribution in [3.63, 3.8) is 0 Å². The molecule has 0 saturated heterocycles. The van der Waals surface area contributed by atoms with Gasteiger partial charge in [-0.25, -0.2) is 4.98 Å². The van der Waals surface area contributed by atoms with Crippen LogP contribution in [-0.2, 0) is 18.8 Å². The first-order valence-corrected chi connectivity index (χ1v) is 8.48. The Bertz CT molecular complexity index is 987. The van der Waals surface area contributed by atoms with Gasteiger partial charge in [0.05, 0.1) is 22.6 Å². The molecule has 150 valence electrons. The molecule has 0 unspecified atom stereocenters. The maximum absolute atomic E-state index is 13.0. The summed E-state index contributed by atoms with van der Waals surface area (Å²) in [5.41, 5.74) is 0.782. The average molecular weight is 394 g/mol. The van der Waals surface area contributed by atoms with Crippen molar-refractivity contribution in [1.29, 1.82) is 0 Å². The van der Waals surface area contributed by atoms with E-state index < -0.39 is 17.3 Å². The van der Waals surface area contributed by atoms with Gasteiger partial charge >= 0.3 is 6.18 Å². The molecule has 3 rings (SSSR count). The molecule has 3 aromatic rings. The van der Waals surface area contributed by atoms with Crippen molar-refractivity contribution in [2.24, 2.45) is 7.05 Å². The molecule has 28 heavy (non-hydrogen) atoms. The molecule has 0 bridgehead atoms. The van der Waals surface area contributed by atoms with E-state index in [9.17, 15) is 13.2 Å². The molecule has 0 saturated carbocycles. The quantitative estimate of drug-likeness (QED) is 0.691. The molecule has 11 heteroatoms. The minimum Gasteiger partial charge on any atom is -0.372 e. The Hall–Kier alpha value is -3.11. The number of hydrogen-bond acceptors (Lipinski definition) is 6. The summed E-state index contributed by atoms with van der Waals surface area (Å²) in [6.45, 7) is 5.78. The number of nitrogens with zero attached hydrogens (tertiary/aromatic N) is 6. The maximum atomic E-state index is 13.0. The van der Waals surface area contributed by atoms with E-state index in [0.29, 0.717) is 11.4 Å². The van der Waals surface area contributed by atoms with Gasteiger partial charge in [0.15, 0.2) is 0 Å². The zero-order valence-electron chi connectivity index (χ0n) is 16.1. The van der Waals surface area contributed by atoms with E-state index in [1.54, 1.807) is 28.7 Å². The van der Waals surface area contributed by atoms with Crippen molar-refractivity contribution in [3.05, 3.63) is 41.6 Å². The van der Waals surface area contributed by atoms with Gasteiger partial charge in [-0.15, -0.1) is 0 Å². The molecule has 0 atom stereocenters. The van der Waals surface area contributed by atoms with Crippen molar-refractivity contribution in [3.8, 4) is 0 Å². The topological polar surface area (TPSA) is 85.5 Å². The lowest BCUT2D eigenvalue weighted by Crippen LogP contribution is -2.30. The summed E-state index contributed by atoms with van der Waals surface area (Å²) >= 11 is 0. The van der Waals surface area contributed by atoms with Crippen LogP contribution in [0.3, 0.4) is 0 Å². The van der Waals surface area contributed by atoms with Crippen molar-refractivity contribution in [1.82, 2.24) is 29.5 Å². The van der Waals surface area contributed by atoms with E-state index in [1.807, 2.05) is 27.0 Å². The molecule has 3 aromatic heterocycles. The van der Waals surface area contributed by atoms with Gasteiger partial charge in [-0.05, 0) is 26.8 Å². The highest BCUT2D eigenvalue weighted by Gasteiger charge is 2.35. The predicted octanol–water partition coefficient (Wildman–Crippen LogP) is 3.30. The molecule has 0 spiro atoms. The third kappa shape index (κ3) is 3.51. The van der Waals surface area contributed by atoms with Crippen molar-refractivity contribution < 1.29 is 13.2 Å². The number of aromatic nitrogens is 6. The lowest BCUT2D eigenvalue weighted by molar-refractivity contribution is -0.137. The molecule has 0 radical (unpaired) electrons. The third-order valence-electron chi connectivity index (χ3n) is 4.50. The zero-order chi connectivity index (χ0) is 20.7. The van der Waals surface area contributed by atoms with E-state index in [-0.39, 0.29) is 11.8 Å². The van der Waals surface area contributed by atoms with Gasteiger partial charge in [-0.1, -0.05) is 0 Å². The number of halogens is 3. The summed E-state index contributed by atoms with van der Waals surface area (Å²) in [4.78, 5) is 7.72. The fourth-order valence-corrected chi connectivity index (χ4v) is 2.92. The Balaban J connectivity index is 1.92. The first kappa shape index (κ1) is 19.6. The second-order valence-corrected chi connectivity index (χ2v) is 6.80. The van der Waals surface area contributed by atoms with Gasteiger partial charge < -0.3 is 10.6 Å². The summed E-state index contributed by atoms with van der Waals surface area (Å²) in [5.74, 6) is -0.261. The Morgan fingerprint density at radius 1 is 1.18 bits per heavy atom. The normalized spacial score (nSPS) is 12.3. The summed E-state index contributed by atoms with van der Waals surface area (Å²) in [6, 6.07) is 1.91. The fourth-order valence-electron chi connectivity index (χ4n) is 2.92. The van der Waals surface area contributed by atoms with Gasteiger partial charge in [0.25, 0.3) is 0 Å². The Morgan fingerprint density at radius 3 is 2.46 bits per heavy atom. The molecule has 0 fully saturated rings. The Morgan fingerprint density at radius 2 is 1.89 bits per heavy atom. The van der Waals surface area contributed by atoms with Crippen LogP contribution in [0.5, 0.6) is 0 Å². The van der Waals surface area contributed by atoms with E-state index >= 15 is 0 Å². The summed E-state index contributed by atoms with van der Waals surface area (Å²) < 4.78 is 42.5. The molecule has 0 amide bonds. The second kappa shape index (κ2) is 6.80. The van der Waals surface area contributed by atoms with Gasteiger partial charge in [0, 0.05) is 32.7 Å². The SMILES string of the molecule is CNc1nc(Nc2cn(C(C)(C)c3ccnn3C)nc2C)ncc1C(F)(F)F. The third-order valence-corrected chi connectivity index (χ3v) is 4.50. The molecular formula is C17H21F3N8. The zero-order valence-corrected chi connectivity index (χ0v) is 16.1. The smallest absolute Gasteiger partial charge is 0.372 e. The summed E-state index contributed by atoms with van der Waals surface area (Å²) in [5, 5.41) is 14.1. The predicted molar refractivity (Wildman–Crippen MR) is 98.5 cm³/mol. The molecule has 0 aliphatic heterocycles. The molecule has 0 aliphatic rings. The second-order valence-electron chi connectivity index (χ2n) is 6.80. The standard InChI is InChI=1S/C17H21F3N8/c1-10-12(9-28(26-10)16(2,3)13-6-7-23-27(13)5)24-15-22-8-11(17(18,19)20)14(21-4)25-15/h6-9H,1-5H3,(H2,21,22,24,25). The number of rotatable bonds is 5. The lowest BCUT2D eigenvalue weighted by Gasteiger charge is -2.25. The highest BCUT2D eigenvalue weighted by atomic mass is 19.4. The van der Waals surface area contributed by atoms with Crippen LogP contribution in [0.2, 0.25) is 0 Å². The molecule has 0 aliphatic carbocycles. The van der Waals surface area contributed by atoms with Gasteiger partial charge in [-0.3, -0.25) is 9.36 Å². The molecule has 0 aromatic carbocycles. The molecule has 3 heterocycles. The fraction of sp³-hybridized carbons (Fsp3) is 0.412. The van der Waals surface area contributed by atoms with Gasteiger partial charge in [0.1, 0.15) is 11.4 Å². The number of nitrogens with one attached hydrogen (secondary N) is 2. The molecule has 2 N–H and O–H groups in total. The average Bonchev–Trinajstić information content (AvgIpc) is 3.20. The maximum Gasteiger partial charge on any atom is 0.421 e. The van der Waals surface area contributed by atoms with Gasteiger partial charge in [0.2, 0.25) is 5.95 Å². The number of aryl methyl sites for hydroxylation is 2. The van der Waals surface area contributed by atoms with Crippen molar-refractivity contribution in [2.45, 2.75) is 32.5 Å². The van der Waals surface area contributed by atoms with Crippen LogP contribution in [0.15, 0.2) is 24.7 Å². The monoisotopic (exact) mass is 394 g/mol. The number of anilines is 3.